The van der Waals surface area contributed by atoms with Crippen LogP contribution in [0.1, 0.15) is 56.9 Å². The molecule has 5 heteroatoms. The second-order valence-corrected chi connectivity index (χ2v) is 10.7. The number of amides is 3. The minimum absolute atomic E-state index is 0.169. The lowest BCUT2D eigenvalue weighted by Gasteiger charge is -2.51. The molecule has 3 amide bonds. The predicted molar refractivity (Wildman–Crippen MR) is 146 cm³/mol. The van der Waals surface area contributed by atoms with E-state index in [-0.39, 0.29) is 29.6 Å². The molecule has 1 fully saturated rings. The number of aryl methyl sites for hydroxylation is 1. The first-order chi connectivity index (χ1) is 18.4. The van der Waals surface area contributed by atoms with E-state index in [9.17, 15) is 14.4 Å². The standard InChI is InChI=1S/C33H26N2O3/c1-19-9-3-8-14-26(19)34-30(36)20-15-17-21(18-16-20)35-31(37)29-27-22-10-4-6-12-24(22)28(33(29,2)32(35)38)25-13-7-5-11-23(25)27/h3-18,27-29H,1-2H3,(H,34,36)/t27?,28?,29-,33-/m0/s1. The van der Waals surface area contributed by atoms with Gasteiger partial charge in [-0.15, -0.1) is 0 Å². The summed E-state index contributed by atoms with van der Waals surface area (Å²) in [6.07, 6.45) is 0. The molecule has 0 aromatic heterocycles. The molecule has 8 rings (SSSR count). The van der Waals surface area contributed by atoms with Crippen LogP contribution in [0.3, 0.4) is 0 Å². The SMILES string of the molecule is Cc1ccccc1NC(=O)c1ccc(N2C(=O)[C@@H]3C4c5ccccc5C(c5ccccc54)[C@]3(C)C2=O)cc1. The van der Waals surface area contributed by atoms with Crippen molar-refractivity contribution in [1.29, 1.82) is 0 Å². The first-order valence-electron chi connectivity index (χ1n) is 12.9. The van der Waals surface area contributed by atoms with E-state index in [2.05, 4.69) is 29.6 Å². The largest absolute Gasteiger partial charge is 0.322 e. The number of hydrogen-bond acceptors (Lipinski definition) is 3. The molecule has 2 atom stereocenters. The Morgan fingerprint density at radius 3 is 1.92 bits per heavy atom. The summed E-state index contributed by atoms with van der Waals surface area (Å²) in [5.41, 5.74) is 6.36. The van der Waals surface area contributed by atoms with Gasteiger partial charge in [0.05, 0.1) is 17.0 Å². The fourth-order valence-corrected chi connectivity index (χ4v) is 7.03. The van der Waals surface area contributed by atoms with Gasteiger partial charge < -0.3 is 5.32 Å². The summed E-state index contributed by atoms with van der Waals surface area (Å²) in [5, 5.41) is 2.93. The van der Waals surface area contributed by atoms with E-state index in [1.807, 2.05) is 62.4 Å². The van der Waals surface area contributed by atoms with Crippen LogP contribution in [0, 0.1) is 18.3 Å². The van der Waals surface area contributed by atoms with Gasteiger partial charge in [0.2, 0.25) is 11.8 Å². The van der Waals surface area contributed by atoms with Crippen LogP contribution in [0.4, 0.5) is 11.4 Å². The van der Waals surface area contributed by atoms with Crippen LogP contribution < -0.4 is 10.2 Å². The number of para-hydroxylation sites is 1. The molecular formula is C33H26N2O3. The summed E-state index contributed by atoms with van der Waals surface area (Å²) in [7, 11) is 0. The Hall–Kier alpha value is -4.51. The summed E-state index contributed by atoms with van der Waals surface area (Å²) in [6, 6.07) is 30.8. The van der Waals surface area contributed by atoms with Crippen molar-refractivity contribution in [2.45, 2.75) is 25.7 Å². The highest BCUT2D eigenvalue weighted by Crippen LogP contribution is 2.67. The van der Waals surface area contributed by atoms with Crippen molar-refractivity contribution >= 4 is 29.1 Å². The van der Waals surface area contributed by atoms with E-state index in [1.165, 1.54) is 4.90 Å². The Bertz CT molecular complexity index is 1610. The molecule has 186 valence electrons. The molecule has 3 aliphatic carbocycles. The number of rotatable bonds is 3. The average molecular weight is 499 g/mol. The van der Waals surface area contributed by atoms with Crippen molar-refractivity contribution in [3.05, 3.63) is 130 Å². The second kappa shape index (κ2) is 7.99. The molecule has 4 aromatic rings. The van der Waals surface area contributed by atoms with Gasteiger partial charge >= 0.3 is 0 Å². The van der Waals surface area contributed by atoms with Crippen molar-refractivity contribution in [3.63, 3.8) is 0 Å². The maximum absolute atomic E-state index is 14.2. The molecule has 0 unspecified atom stereocenters. The Morgan fingerprint density at radius 1 is 0.763 bits per heavy atom. The molecule has 1 heterocycles. The number of carbonyl (C=O) groups excluding carboxylic acids is 3. The van der Waals surface area contributed by atoms with E-state index in [1.54, 1.807) is 24.3 Å². The number of anilines is 2. The minimum atomic E-state index is -0.884. The van der Waals surface area contributed by atoms with E-state index in [0.717, 1.165) is 33.5 Å². The average Bonchev–Trinajstić information content (AvgIpc) is 3.15. The highest BCUT2D eigenvalue weighted by atomic mass is 16.2. The van der Waals surface area contributed by atoms with Gasteiger partial charge in [-0.25, -0.2) is 4.90 Å². The lowest BCUT2D eigenvalue weighted by atomic mass is 9.48. The number of carbonyl (C=O) groups is 3. The predicted octanol–water partition coefficient (Wildman–Crippen LogP) is 6.03. The van der Waals surface area contributed by atoms with Gasteiger partial charge in [0.15, 0.2) is 0 Å². The van der Waals surface area contributed by atoms with Gasteiger partial charge in [-0.3, -0.25) is 14.4 Å². The molecule has 0 saturated carbocycles. The van der Waals surface area contributed by atoms with Crippen LogP contribution in [-0.2, 0) is 9.59 Å². The summed E-state index contributed by atoms with van der Waals surface area (Å²) in [4.78, 5) is 42.5. The molecule has 4 aliphatic rings. The fraction of sp³-hybridized carbons (Fsp3) is 0.182. The lowest BCUT2D eigenvalue weighted by molar-refractivity contribution is -0.128. The van der Waals surface area contributed by atoms with Crippen molar-refractivity contribution in [2.75, 3.05) is 10.2 Å². The summed E-state index contributed by atoms with van der Waals surface area (Å²) in [6.45, 7) is 3.90. The van der Waals surface area contributed by atoms with Crippen LogP contribution in [0.25, 0.3) is 0 Å². The van der Waals surface area contributed by atoms with E-state index < -0.39 is 11.3 Å². The Morgan fingerprint density at radius 2 is 1.32 bits per heavy atom. The lowest BCUT2D eigenvalue weighted by Crippen LogP contribution is -2.49. The van der Waals surface area contributed by atoms with Gasteiger partial charge in [-0.05, 0) is 72.0 Å². The van der Waals surface area contributed by atoms with Crippen LogP contribution in [0.2, 0.25) is 0 Å². The Kier molecular flexibility index (Phi) is 4.77. The summed E-state index contributed by atoms with van der Waals surface area (Å²) >= 11 is 0. The highest BCUT2D eigenvalue weighted by molar-refractivity contribution is 6.25. The zero-order chi connectivity index (χ0) is 26.2. The zero-order valence-corrected chi connectivity index (χ0v) is 21.1. The molecule has 38 heavy (non-hydrogen) atoms. The smallest absolute Gasteiger partial charge is 0.255 e. The van der Waals surface area contributed by atoms with Crippen LogP contribution >= 0.6 is 0 Å². The van der Waals surface area contributed by atoms with Crippen molar-refractivity contribution in [1.82, 2.24) is 0 Å². The van der Waals surface area contributed by atoms with Gasteiger partial charge in [-0.1, -0.05) is 66.7 Å². The fourth-order valence-electron chi connectivity index (χ4n) is 7.03. The minimum Gasteiger partial charge on any atom is -0.322 e. The van der Waals surface area contributed by atoms with Gasteiger partial charge in [0.1, 0.15) is 0 Å². The number of imide groups is 1. The van der Waals surface area contributed by atoms with Gasteiger partial charge in [0.25, 0.3) is 5.91 Å². The van der Waals surface area contributed by atoms with Crippen molar-refractivity contribution < 1.29 is 14.4 Å². The maximum Gasteiger partial charge on any atom is 0.255 e. The number of nitrogens with one attached hydrogen (secondary N) is 1. The van der Waals surface area contributed by atoms with Gasteiger partial charge in [-0.2, -0.15) is 0 Å². The van der Waals surface area contributed by atoms with E-state index in [4.69, 9.17) is 0 Å². The quantitative estimate of drug-likeness (QED) is 0.351. The van der Waals surface area contributed by atoms with Crippen molar-refractivity contribution in [2.24, 2.45) is 11.3 Å². The Balaban J connectivity index is 1.26. The molecule has 4 aromatic carbocycles. The second-order valence-electron chi connectivity index (χ2n) is 10.7. The summed E-state index contributed by atoms with van der Waals surface area (Å²) in [5.74, 6) is -1.43. The third-order valence-electron chi connectivity index (χ3n) is 8.79. The molecule has 5 nitrogen and oxygen atoms in total. The number of nitrogens with zero attached hydrogens (tertiary/aromatic N) is 1. The Labute approximate surface area is 221 Å². The topological polar surface area (TPSA) is 66.5 Å². The third kappa shape index (κ3) is 2.90. The van der Waals surface area contributed by atoms with E-state index >= 15 is 0 Å². The molecule has 0 radical (unpaired) electrons. The summed E-state index contributed by atoms with van der Waals surface area (Å²) < 4.78 is 0. The molecule has 2 bridgehead atoms. The molecule has 1 N–H and O–H groups in total. The van der Waals surface area contributed by atoms with Crippen LogP contribution in [0.5, 0.6) is 0 Å². The number of benzene rings is 4. The monoisotopic (exact) mass is 498 g/mol. The third-order valence-corrected chi connectivity index (χ3v) is 8.79. The van der Waals surface area contributed by atoms with Crippen LogP contribution in [0.15, 0.2) is 97.1 Å². The zero-order valence-electron chi connectivity index (χ0n) is 21.1. The van der Waals surface area contributed by atoms with E-state index in [0.29, 0.717) is 11.3 Å². The molecular weight excluding hydrogens is 472 g/mol. The molecule has 1 aliphatic heterocycles. The first-order valence-corrected chi connectivity index (χ1v) is 12.9. The maximum atomic E-state index is 14.2. The van der Waals surface area contributed by atoms with Crippen LogP contribution in [-0.4, -0.2) is 17.7 Å². The van der Waals surface area contributed by atoms with Gasteiger partial charge in [0, 0.05) is 23.1 Å². The van der Waals surface area contributed by atoms with Crippen molar-refractivity contribution in [3.8, 4) is 0 Å². The normalized spacial score (nSPS) is 24.6. The number of hydrogen-bond donors (Lipinski definition) is 1. The first kappa shape index (κ1) is 22.7. The molecule has 1 saturated heterocycles. The molecule has 0 spiro atoms. The highest BCUT2D eigenvalue weighted by Gasteiger charge is 2.68.